The van der Waals surface area contributed by atoms with Gasteiger partial charge in [-0.15, -0.1) is 0 Å². The van der Waals surface area contributed by atoms with Crippen molar-refractivity contribution < 1.29 is 9.84 Å². The lowest BCUT2D eigenvalue weighted by atomic mass is 9.91. The first kappa shape index (κ1) is 8.57. The van der Waals surface area contributed by atoms with E-state index in [0.717, 1.165) is 17.7 Å². The molecule has 13 heavy (non-hydrogen) atoms. The van der Waals surface area contributed by atoms with Crippen LogP contribution in [-0.2, 0) is 5.60 Å². The zero-order valence-electron chi connectivity index (χ0n) is 7.95. The molecule has 1 aliphatic rings. The summed E-state index contributed by atoms with van der Waals surface area (Å²) in [7, 11) is 0. The number of hydrogen-bond donors (Lipinski definition) is 1. The lowest BCUT2D eigenvalue weighted by Crippen LogP contribution is -2.34. The molecule has 0 aromatic heterocycles. The Kier molecular flexibility index (Phi) is 1.81. The molecule has 1 aromatic carbocycles. The second kappa shape index (κ2) is 2.74. The zero-order chi connectivity index (χ0) is 9.47. The molecule has 0 aliphatic carbocycles. The monoisotopic (exact) mass is 178 g/mol. The molecule has 2 rings (SSSR count). The third-order valence-corrected chi connectivity index (χ3v) is 2.70. The predicted molar refractivity (Wildman–Crippen MR) is 50.7 cm³/mol. The minimum Gasteiger partial charge on any atom is -0.487 e. The van der Waals surface area contributed by atoms with Crippen LogP contribution in [0.25, 0.3) is 0 Å². The first-order chi connectivity index (χ1) is 6.16. The summed E-state index contributed by atoms with van der Waals surface area (Å²) in [5.41, 5.74) is 0.0765. The molecule has 1 N–H and O–H groups in total. The molecule has 0 saturated heterocycles. The molecule has 0 saturated carbocycles. The van der Waals surface area contributed by atoms with Gasteiger partial charge in [-0.25, -0.2) is 0 Å². The number of rotatable bonds is 1. The van der Waals surface area contributed by atoms with Crippen LogP contribution < -0.4 is 4.74 Å². The molecule has 0 fully saturated rings. The maximum atomic E-state index is 10.2. The fourth-order valence-corrected chi connectivity index (χ4v) is 1.91. The smallest absolute Gasteiger partial charge is 0.131 e. The minimum atomic E-state index is -0.828. The van der Waals surface area contributed by atoms with Crippen molar-refractivity contribution in [2.75, 3.05) is 0 Å². The van der Waals surface area contributed by atoms with E-state index < -0.39 is 5.60 Å². The van der Waals surface area contributed by atoms with E-state index in [4.69, 9.17) is 4.74 Å². The van der Waals surface area contributed by atoms with Crippen LogP contribution in [0, 0.1) is 0 Å². The lowest BCUT2D eigenvalue weighted by molar-refractivity contribution is -0.0258. The second-order valence-corrected chi connectivity index (χ2v) is 3.66. The van der Waals surface area contributed by atoms with Crippen LogP contribution >= 0.6 is 0 Å². The SMILES string of the molecule is CC[C@H]1Oc2ccccc2[C@@]1(C)O. The van der Waals surface area contributed by atoms with Crippen molar-refractivity contribution in [3.63, 3.8) is 0 Å². The van der Waals surface area contributed by atoms with Crippen molar-refractivity contribution in [3.05, 3.63) is 29.8 Å². The molecule has 0 radical (unpaired) electrons. The Morgan fingerprint density at radius 1 is 1.46 bits per heavy atom. The van der Waals surface area contributed by atoms with Gasteiger partial charge in [0.15, 0.2) is 0 Å². The number of benzene rings is 1. The molecule has 2 atom stereocenters. The van der Waals surface area contributed by atoms with Crippen molar-refractivity contribution in [1.82, 2.24) is 0 Å². The maximum Gasteiger partial charge on any atom is 0.131 e. The average molecular weight is 178 g/mol. The van der Waals surface area contributed by atoms with Gasteiger partial charge < -0.3 is 9.84 Å². The fraction of sp³-hybridized carbons (Fsp3) is 0.455. The van der Waals surface area contributed by atoms with Gasteiger partial charge in [-0.05, 0) is 19.4 Å². The first-order valence-corrected chi connectivity index (χ1v) is 4.64. The molecule has 2 heteroatoms. The van der Waals surface area contributed by atoms with Crippen molar-refractivity contribution in [1.29, 1.82) is 0 Å². The predicted octanol–water partition coefficient (Wildman–Crippen LogP) is 2.07. The summed E-state index contributed by atoms with van der Waals surface area (Å²) >= 11 is 0. The van der Waals surface area contributed by atoms with E-state index in [1.54, 1.807) is 0 Å². The Balaban J connectivity index is 2.47. The summed E-state index contributed by atoms with van der Waals surface area (Å²) in [5, 5.41) is 10.2. The molecule has 1 heterocycles. The summed E-state index contributed by atoms with van der Waals surface area (Å²) in [6.45, 7) is 3.83. The quantitative estimate of drug-likeness (QED) is 0.713. The molecule has 2 nitrogen and oxygen atoms in total. The molecule has 0 spiro atoms. The van der Waals surface area contributed by atoms with E-state index in [-0.39, 0.29) is 6.10 Å². The van der Waals surface area contributed by atoms with E-state index in [1.165, 1.54) is 0 Å². The highest BCUT2D eigenvalue weighted by atomic mass is 16.5. The third kappa shape index (κ3) is 1.13. The first-order valence-electron chi connectivity index (χ1n) is 4.64. The van der Waals surface area contributed by atoms with Crippen molar-refractivity contribution in [2.24, 2.45) is 0 Å². The molecule has 1 aliphatic heterocycles. The van der Waals surface area contributed by atoms with Crippen LogP contribution in [0.15, 0.2) is 24.3 Å². The summed E-state index contributed by atoms with van der Waals surface area (Å²) in [6, 6.07) is 7.67. The van der Waals surface area contributed by atoms with Gasteiger partial charge in [0.2, 0.25) is 0 Å². The highest BCUT2D eigenvalue weighted by molar-refractivity contribution is 5.42. The maximum absolute atomic E-state index is 10.2. The van der Waals surface area contributed by atoms with Crippen LogP contribution in [0.4, 0.5) is 0 Å². The van der Waals surface area contributed by atoms with Gasteiger partial charge >= 0.3 is 0 Å². The van der Waals surface area contributed by atoms with Gasteiger partial charge in [0.05, 0.1) is 0 Å². The van der Waals surface area contributed by atoms with Gasteiger partial charge in [-0.1, -0.05) is 25.1 Å². The summed E-state index contributed by atoms with van der Waals surface area (Å²) in [5.74, 6) is 0.819. The minimum absolute atomic E-state index is 0.107. The van der Waals surface area contributed by atoms with Gasteiger partial charge in [0.1, 0.15) is 17.5 Å². The van der Waals surface area contributed by atoms with Crippen LogP contribution in [0.5, 0.6) is 5.75 Å². The van der Waals surface area contributed by atoms with E-state index in [1.807, 2.05) is 38.1 Å². The van der Waals surface area contributed by atoms with E-state index in [2.05, 4.69) is 0 Å². The van der Waals surface area contributed by atoms with Crippen molar-refractivity contribution in [2.45, 2.75) is 32.0 Å². The molecule has 0 amide bonds. The number of aliphatic hydroxyl groups is 1. The number of hydrogen-bond acceptors (Lipinski definition) is 2. The van der Waals surface area contributed by atoms with Gasteiger partial charge in [-0.2, -0.15) is 0 Å². The van der Waals surface area contributed by atoms with E-state index in [9.17, 15) is 5.11 Å². The summed E-state index contributed by atoms with van der Waals surface area (Å²) < 4.78 is 5.62. The molecule has 70 valence electrons. The summed E-state index contributed by atoms with van der Waals surface area (Å²) in [6.07, 6.45) is 0.715. The Morgan fingerprint density at radius 2 is 2.15 bits per heavy atom. The number of ether oxygens (including phenoxy) is 1. The average Bonchev–Trinajstić information content (AvgIpc) is 2.39. The molecular formula is C11H14O2. The van der Waals surface area contributed by atoms with Crippen molar-refractivity contribution in [3.8, 4) is 5.75 Å². The van der Waals surface area contributed by atoms with Crippen LogP contribution in [0.3, 0.4) is 0 Å². The zero-order valence-corrected chi connectivity index (χ0v) is 7.95. The molecule has 1 aromatic rings. The van der Waals surface area contributed by atoms with Crippen LogP contribution in [0.1, 0.15) is 25.8 Å². The van der Waals surface area contributed by atoms with Crippen LogP contribution in [0.2, 0.25) is 0 Å². The Labute approximate surface area is 78.2 Å². The largest absolute Gasteiger partial charge is 0.487 e. The van der Waals surface area contributed by atoms with E-state index in [0.29, 0.717) is 0 Å². The fourth-order valence-electron chi connectivity index (χ4n) is 1.91. The second-order valence-electron chi connectivity index (χ2n) is 3.66. The topological polar surface area (TPSA) is 29.5 Å². The lowest BCUT2D eigenvalue weighted by Gasteiger charge is -2.23. The van der Waals surface area contributed by atoms with Gasteiger partial charge in [0, 0.05) is 5.56 Å². The molecule has 0 bridgehead atoms. The normalized spacial score (nSPS) is 31.2. The van der Waals surface area contributed by atoms with Crippen molar-refractivity contribution >= 4 is 0 Å². The third-order valence-electron chi connectivity index (χ3n) is 2.70. The standard InChI is InChI=1S/C11H14O2/c1-3-10-11(2,12)8-6-4-5-7-9(8)13-10/h4-7,10,12H,3H2,1-2H3/t10-,11-/m1/s1. The van der Waals surface area contributed by atoms with Gasteiger partial charge in [0.25, 0.3) is 0 Å². The summed E-state index contributed by atoms with van der Waals surface area (Å²) in [4.78, 5) is 0. The molecule has 0 unspecified atom stereocenters. The highest BCUT2D eigenvalue weighted by Crippen LogP contribution is 2.41. The Morgan fingerprint density at radius 3 is 2.77 bits per heavy atom. The Bertz CT molecular complexity index is 318. The van der Waals surface area contributed by atoms with Crippen LogP contribution in [-0.4, -0.2) is 11.2 Å². The number of fused-ring (bicyclic) bond motifs is 1. The molecular weight excluding hydrogens is 164 g/mol. The van der Waals surface area contributed by atoms with Gasteiger partial charge in [-0.3, -0.25) is 0 Å². The Hall–Kier alpha value is -1.02. The van der Waals surface area contributed by atoms with E-state index >= 15 is 0 Å². The number of para-hydroxylation sites is 1. The highest BCUT2D eigenvalue weighted by Gasteiger charge is 2.42.